The summed E-state index contributed by atoms with van der Waals surface area (Å²) in [6.45, 7) is 4.10. The van der Waals surface area contributed by atoms with Crippen molar-refractivity contribution < 1.29 is 4.42 Å². The minimum atomic E-state index is 0.407. The topological polar surface area (TPSA) is 53.1 Å². The highest BCUT2D eigenvalue weighted by Gasteiger charge is 2.24. The van der Waals surface area contributed by atoms with Crippen molar-refractivity contribution in [1.29, 1.82) is 5.26 Å². The number of anilines is 1. The molecule has 0 bridgehead atoms. The first-order valence-corrected chi connectivity index (χ1v) is 8.86. The second-order valence-electron chi connectivity index (χ2n) is 6.88. The van der Waals surface area contributed by atoms with Gasteiger partial charge in [-0.1, -0.05) is 49.4 Å². The summed E-state index contributed by atoms with van der Waals surface area (Å²) in [5.41, 5.74) is 1.58. The van der Waals surface area contributed by atoms with Crippen LogP contribution in [-0.2, 0) is 6.42 Å². The van der Waals surface area contributed by atoms with Crippen molar-refractivity contribution in [3.63, 3.8) is 0 Å². The predicted octanol–water partition coefficient (Wildman–Crippen LogP) is 4.53. The standard InChI is InChI=1S/C21H21N3O/c1-15-6-5-11-24(14-15)21-19(13-22)23-20(25-21)12-17-9-4-8-16-7-2-3-10-18(16)17/h2-4,7-10,15H,5-6,11-12,14H2,1H3/t15-/m0/s1. The van der Waals surface area contributed by atoms with Crippen LogP contribution in [0.15, 0.2) is 46.9 Å². The van der Waals surface area contributed by atoms with E-state index in [1.54, 1.807) is 0 Å². The third kappa shape index (κ3) is 3.10. The molecular formula is C21H21N3O. The van der Waals surface area contributed by atoms with Gasteiger partial charge in [-0.25, -0.2) is 4.98 Å². The van der Waals surface area contributed by atoms with Crippen LogP contribution in [-0.4, -0.2) is 18.1 Å². The Kier molecular flexibility index (Phi) is 4.15. The van der Waals surface area contributed by atoms with Crippen molar-refractivity contribution in [2.24, 2.45) is 5.92 Å². The first-order valence-electron chi connectivity index (χ1n) is 8.86. The third-order valence-electron chi connectivity index (χ3n) is 4.93. The van der Waals surface area contributed by atoms with Crippen LogP contribution in [0.4, 0.5) is 5.88 Å². The number of piperidine rings is 1. The zero-order chi connectivity index (χ0) is 17.2. The maximum absolute atomic E-state index is 9.47. The number of hydrogen-bond donors (Lipinski definition) is 0. The molecule has 4 rings (SSSR count). The molecule has 0 amide bonds. The number of nitrogens with zero attached hydrogens (tertiary/aromatic N) is 3. The quantitative estimate of drug-likeness (QED) is 0.708. The molecule has 2 aromatic carbocycles. The Balaban J connectivity index is 1.66. The van der Waals surface area contributed by atoms with Gasteiger partial charge in [0, 0.05) is 13.1 Å². The van der Waals surface area contributed by atoms with E-state index < -0.39 is 0 Å². The van der Waals surface area contributed by atoms with Crippen molar-refractivity contribution >= 4 is 16.7 Å². The maximum atomic E-state index is 9.47. The highest BCUT2D eigenvalue weighted by Crippen LogP contribution is 2.29. The van der Waals surface area contributed by atoms with Gasteiger partial charge in [0.05, 0.1) is 6.42 Å². The third-order valence-corrected chi connectivity index (χ3v) is 4.93. The van der Waals surface area contributed by atoms with Gasteiger partial charge < -0.3 is 9.32 Å². The number of aromatic nitrogens is 1. The molecule has 0 radical (unpaired) electrons. The molecule has 1 saturated heterocycles. The molecule has 1 atom stereocenters. The van der Waals surface area contributed by atoms with Crippen LogP contribution in [0.2, 0.25) is 0 Å². The summed E-state index contributed by atoms with van der Waals surface area (Å²) in [5, 5.41) is 11.9. The Labute approximate surface area is 147 Å². The van der Waals surface area contributed by atoms with Crippen LogP contribution in [0.25, 0.3) is 10.8 Å². The van der Waals surface area contributed by atoms with Crippen LogP contribution in [0, 0.1) is 17.2 Å². The number of nitriles is 1. The van der Waals surface area contributed by atoms with Gasteiger partial charge in [-0.2, -0.15) is 5.26 Å². The van der Waals surface area contributed by atoms with E-state index in [2.05, 4.69) is 53.2 Å². The molecular weight excluding hydrogens is 310 g/mol. The number of fused-ring (bicyclic) bond motifs is 1. The van der Waals surface area contributed by atoms with Crippen molar-refractivity contribution in [3.8, 4) is 6.07 Å². The molecule has 0 aliphatic carbocycles. The Morgan fingerprint density at radius 1 is 1.24 bits per heavy atom. The average molecular weight is 331 g/mol. The van der Waals surface area contributed by atoms with Crippen LogP contribution in [0.3, 0.4) is 0 Å². The molecule has 1 aromatic heterocycles. The van der Waals surface area contributed by atoms with Crippen LogP contribution >= 0.6 is 0 Å². The van der Waals surface area contributed by atoms with Gasteiger partial charge in [0.2, 0.25) is 17.5 Å². The summed E-state index contributed by atoms with van der Waals surface area (Å²) in [6.07, 6.45) is 2.96. The fraction of sp³-hybridized carbons (Fsp3) is 0.333. The van der Waals surface area contributed by atoms with Crippen LogP contribution in [0.1, 0.15) is 36.9 Å². The molecule has 3 aromatic rings. The summed E-state index contributed by atoms with van der Waals surface area (Å²) in [6, 6.07) is 16.8. The Morgan fingerprint density at radius 3 is 2.92 bits per heavy atom. The van der Waals surface area contributed by atoms with E-state index >= 15 is 0 Å². The van der Waals surface area contributed by atoms with E-state index in [4.69, 9.17) is 4.42 Å². The molecule has 1 fully saturated rings. The molecule has 1 aliphatic rings. The molecule has 0 saturated carbocycles. The lowest BCUT2D eigenvalue weighted by Crippen LogP contribution is -2.34. The monoisotopic (exact) mass is 331 g/mol. The lowest BCUT2D eigenvalue weighted by molar-refractivity contribution is 0.412. The van der Waals surface area contributed by atoms with E-state index in [9.17, 15) is 5.26 Å². The van der Waals surface area contributed by atoms with E-state index in [1.165, 1.54) is 22.8 Å². The Hall–Kier alpha value is -2.80. The number of benzene rings is 2. The SMILES string of the molecule is C[C@H]1CCCN(c2oc(Cc3cccc4ccccc34)nc2C#N)C1. The van der Waals surface area contributed by atoms with Crippen LogP contribution in [0.5, 0.6) is 0 Å². The highest BCUT2D eigenvalue weighted by atomic mass is 16.4. The summed E-state index contributed by atoms with van der Waals surface area (Å²) in [7, 11) is 0. The number of oxazole rings is 1. The molecule has 126 valence electrons. The average Bonchev–Trinajstić information content (AvgIpc) is 3.05. The van der Waals surface area contributed by atoms with Gasteiger partial charge in [-0.05, 0) is 35.1 Å². The van der Waals surface area contributed by atoms with Gasteiger partial charge in [-0.3, -0.25) is 0 Å². The zero-order valence-electron chi connectivity index (χ0n) is 14.4. The number of hydrogen-bond acceptors (Lipinski definition) is 4. The largest absolute Gasteiger partial charge is 0.423 e. The Bertz CT molecular complexity index is 932. The normalized spacial score (nSPS) is 17.6. The second-order valence-corrected chi connectivity index (χ2v) is 6.88. The minimum absolute atomic E-state index is 0.407. The molecule has 25 heavy (non-hydrogen) atoms. The fourth-order valence-electron chi connectivity index (χ4n) is 3.70. The summed E-state index contributed by atoms with van der Waals surface area (Å²) in [4.78, 5) is 6.63. The minimum Gasteiger partial charge on any atom is -0.423 e. The van der Waals surface area contributed by atoms with Crippen molar-refractivity contribution in [1.82, 2.24) is 4.98 Å². The lowest BCUT2D eigenvalue weighted by atomic mass is 10.0. The van der Waals surface area contributed by atoms with Gasteiger partial charge in [0.15, 0.2) is 0 Å². The molecule has 1 aliphatic heterocycles. The highest BCUT2D eigenvalue weighted by molar-refractivity contribution is 5.85. The van der Waals surface area contributed by atoms with Crippen molar-refractivity contribution in [3.05, 3.63) is 59.6 Å². The van der Waals surface area contributed by atoms with Gasteiger partial charge in [0.1, 0.15) is 6.07 Å². The van der Waals surface area contributed by atoms with Crippen LogP contribution < -0.4 is 4.90 Å². The van der Waals surface area contributed by atoms with E-state index in [0.29, 0.717) is 29.8 Å². The lowest BCUT2D eigenvalue weighted by Gasteiger charge is -2.30. The number of rotatable bonds is 3. The first-order chi connectivity index (χ1) is 12.2. The van der Waals surface area contributed by atoms with E-state index in [1.807, 2.05) is 12.1 Å². The molecule has 4 nitrogen and oxygen atoms in total. The van der Waals surface area contributed by atoms with Gasteiger partial charge >= 0.3 is 0 Å². The molecule has 0 N–H and O–H groups in total. The smallest absolute Gasteiger partial charge is 0.234 e. The molecule has 0 unspecified atom stereocenters. The fourth-order valence-corrected chi connectivity index (χ4v) is 3.70. The second kappa shape index (κ2) is 6.60. The van der Waals surface area contributed by atoms with Gasteiger partial charge in [0.25, 0.3) is 0 Å². The summed E-state index contributed by atoms with van der Waals surface area (Å²) >= 11 is 0. The first kappa shape index (κ1) is 15.7. The van der Waals surface area contributed by atoms with E-state index in [-0.39, 0.29) is 0 Å². The van der Waals surface area contributed by atoms with Crippen molar-refractivity contribution in [2.45, 2.75) is 26.2 Å². The summed E-state index contributed by atoms with van der Waals surface area (Å²) in [5.74, 6) is 1.87. The zero-order valence-corrected chi connectivity index (χ0v) is 14.4. The van der Waals surface area contributed by atoms with Crippen molar-refractivity contribution in [2.75, 3.05) is 18.0 Å². The maximum Gasteiger partial charge on any atom is 0.234 e. The van der Waals surface area contributed by atoms with E-state index in [0.717, 1.165) is 19.5 Å². The van der Waals surface area contributed by atoms with Gasteiger partial charge in [-0.15, -0.1) is 0 Å². The predicted molar refractivity (Wildman–Crippen MR) is 98.6 cm³/mol. The molecule has 0 spiro atoms. The Morgan fingerprint density at radius 2 is 2.08 bits per heavy atom. The molecule has 2 heterocycles. The summed E-state index contributed by atoms with van der Waals surface area (Å²) < 4.78 is 6.04. The molecule has 4 heteroatoms.